The molecule has 28 heavy (non-hydrogen) atoms. The molecule has 0 saturated carbocycles. The van der Waals surface area contributed by atoms with Crippen molar-refractivity contribution in [2.24, 2.45) is 0 Å². The first-order valence-electron chi connectivity index (χ1n) is 8.92. The Bertz CT molecular complexity index is 874. The fourth-order valence-corrected chi connectivity index (χ4v) is 2.99. The first-order chi connectivity index (χ1) is 13.4. The van der Waals surface area contributed by atoms with Crippen molar-refractivity contribution in [3.8, 4) is 0 Å². The Kier molecular flexibility index (Phi) is 5.68. The number of Topliss-reactive ketones (excluding diaryl/α,β-unsaturated/α-hetero) is 2. The van der Waals surface area contributed by atoms with Crippen molar-refractivity contribution in [3.05, 3.63) is 94.8 Å². The van der Waals surface area contributed by atoms with Crippen molar-refractivity contribution in [2.75, 3.05) is 0 Å². The summed E-state index contributed by atoms with van der Waals surface area (Å²) < 4.78 is 29.3. The highest BCUT2D eigenvalue weighted by Crippen LogP contribution is 2.28. The van der Waals surface area contributed by atoms with Gasteiger partial charge in [-0.25, -0.2) is 8.78 Å². The molecule has 2 N–H and O–H groups in total. The zero-order valence-corrected chi connectivity index (χ0v) is 15.5. The molecule has 0 fully saturated rings. The molecule has 0 amide bonds. The van der Waals surface area contributed by atoms with Gasteiger partial charge in [-0.15, -0.1) is 0 Å². The number of carbonyl (C=O) groups excluding carboxylic acids is 2. The maximum absolute atomic E-state index is 14.7. The minimum absolute atomic E-state index is 0.482. The number of ketones is 2. The van der Waals surface area contributed by atoms with Crippen LogP contribution in [0.5, 0.6) is 0 Å². The first kappa shape index (κ1) is 19.5. The second-order valence-electron chi connectivity index (χ2n) is 6.59. The summed E-state index contributed by atoms with van der Waals surface area (Å²) in [6.07, 6.45) is 0. The monoisotopic (exact) mass is 382 g/mol. The zero-order valence-electron chi connectivity index (χ0n) is 15.5. The van der Waals surface area contributed by atoms with Gasteiger partial charge in [0.2, 0.25) is 11.6 Å². The minimum Gasteiger partial charge on any atom is -0.373 e. The van der Waals surface area contributed by atoms with Crippen LogP contribution in [0.4, 0.5) is 8.78 Å². The summed E-state index contributed by atoms with van der Waals surface area (Å²) in [6, 6.07) is 17.0. The van der Waals surface area contributed by atoms with E-state index >= 15 is 0 Å². The lowest BCUT2D eigenvalue weighted by Gasteiger charge is -2.23. The lowest BCUT2D eigenvalue weighted by molar-refractivity contribution is -0.119. The number of rotatable bonds is 6. The molecule has 0 saturated heterocycles. The summed E-state index contributed by atoms with van der Waals surface area (Å²) >= 11 is 0. The van der Waals surface area contributed by atoms with Crippen molar-refractivity contribution < 1.29 is 18.4 Å². The molecule has 0 unspecified atom stereocenters. The lowest BCUT2D eigenvalue weighted by Crippen LogP contribution is -2.35. The van der Waals surface area contributed by atoms with Gasteiger partial charge in [0.1, 0.15) is 11.4 Å². The molecule has 0 spiro atoms. The third-order valence-corrected chi connectivity index (χ3v) is 4.61. The Morgan fingerprint density at radius 3 is 1.29 bits per heavy atom. The summed E-state index contributed by atoms with van der Waals surface area (Å²) in [5.74, 6) is -4.95. The van der Waals surface area contributed by atoms with Crippen LogP contribution >= 0.6 is 0 Å². The number of hydrogen-bond acceptors (Lipinski definition) is 4. The molecule has 3 rings (SSSR count). The molecule has 2 aromatic rings. The van der Waals surface area contributed by atoms with Crippen LogP contribution in [0.15, 0.2) is 83.7 Å². The second kappa shape index (κ2) is 8.17. The first-order valence-corrected chi connectivity index (χ1v) is 8.92. The Morgan fingerprint density at radius 2 is 0.964 bits per heavy atom. The van der Waals surface area contributed by atoms with E-state index in [-0.39, 0.29) is 0 Å². The summed E-state index contributed by atoms with van der Waals surface area (Å²) in [4.78, 5) is 24.8. The third-order valence-electron chi connectivity index (χ3n) is 4.61. The van der Waals surface area contributed by atoms with Gasteiger partial charge in [-0.3, -0.25) is 9.59 Å². The number of benzene rings is 2. The molecule has 2 aromatic carbocycles. The van der Waals surface area contributed by atoms with Crippen molar-refractivity contribution in [3.63, 3.8) is 0 Å². The summed E-state index contributed by atoms with van der Waals surface area (Å²) in [6.45, 7) is 3.39. The van der Waals surface area contributed by atoms with Crippen molar-refractivity contribution in [2.45, 2.75) is 25.9 Å². The van der Waals surface area contributed by atoms with Crippen LogP contribution in [0.3, 0.4) is 0 Å². The van der Waals surface area contributed by atoms with E-state index in [0.717, 1.165) is 11.1 Å². The Labute approximate surface area is 162 Å². The van der Waals surface area contributed by atoms with Crippen LogP contribution in [-0.2, 0) is 9.59 Å². The SMILES string of the molecule is C[C@H](NC1=C(F)C(=O)C(N[C@@H](C)c2ccccc2)=C(F)C1=O)c1ccccc1. The molecule has 0 bridgehead atoms. The average molecular weight is 382 g/mol. The number of nitrogens with one attached hydrogen (secondary N) is 2. The van der Waals surface area contributed by atoms with Gasteiger partial charge in [-0.05, 0) is 25.0 Å². The van der Waals surface area contributed by atoms with E-state index < -0.39 is 46.7 Å². The number of hydrogen-bond donors (Lipinski definition) is 2. The number of halogens is 2. The van der Waals surface area contributed by atoms with E-state index in [2.05, 4.69) is 10.6 Å². The van der Waals surface area contributed by atoms with Gasteiger partial charge in [0.25, 0.3) is 0 Å². The molecular weight excluding hydrogens is 362 g/mol. The maximum atomic E-state index is 14.7. The van der Waals surface area contributed by atoms with Crippen molar-refractivity contribution >= 4 is 11.6 Å². The Balaban J connectivity index is 1.82. The predicted octanol–water partition coefficient (Wildman–Crippen LogP) is 4.20. The van der Waals surface area contributed by atoms with E-state index in [4.69, 9.17) is 0 Å². The molecule has 0 aromatic heterocycles. The van der Waals surface area contributed by atoms with E-state index in [1.807, 2.05) is 12.1 Å². The molecule has 144 valence electrons. The third kappa shape index (κ3) is 3.86. The summed E-state index contributed by atoms with van der Waals surface area (Å²) in [5, 5.41) is 5.27. The molecule has 4 nitrogen and oxygen atoms in total. The summed E-state index contributed by atoms with van der Waals surface area (Å²) in [5.41, 5.74) is 0.233. The molecule has 1 aliphatic rings. The largest absolute Gasteiger partial charge is 0.373 e. The van der Waals surface area contributed by atoms with Crippen LogP contribution in [0.1, 0.15) is 37.1 Å². The molecule has 0 aliphatic heterocycles. The lowest BCUT2D eigenvalue weighted by atomic mass is 10.00. The van der Waals surface area contributed by atoms with Crippen LogP contribution in [-0.4, -0.2) is 11.6 Å². The highest BCUT2D eigenvalue weighted by Gasteiger charge is 2.37. The minimum atomic E-state index is -1.29. The van der Waals surface area contributed by atoms with E-state index in [1.165, 1.54) is 0 Å². The topological polar surface area (TPSA) is 58.2 Å². The fraction of sp³-hybridized carbons (Fsp3) is 0.182. The molecule has 0 radical (unpaired) electrons. The highest BCUT2D eigenvalue weighted by atomic mass is 19.1. The maximum Gasteiger partial charge on any atom is 0.242 e. The van der Waals surface area contributed by atoms with Gasteiger partial charge in [0.05, 0.1) is 0 Å². The van der Waals surface area contributed by atoms with Crippen LogP contribution in [0.2, 0.25) is 0 Å². The van der Waals surface area contributed by atoms with Crippen molar-refractivity contribution in [1.82, 2.24) is 10.6 Å². The number of allylic oxidation sites excluding steroid dienone is 2. The standard InChI is InChI=1S/C22H20F2N2O2/c1-13(15-9-5-3-6-10-15)25-19-17(23)22(28)20(18(24)21(19)27)26-14(2)16-11-7-4-8-12-16/h3-14,25-26H,1-2H3/t13-,14-/m0/s1. The highest BCUT2D eigenvalue weighted by molar-refractivity contribution is 6.22. The van der Waals surface area contributed by atoms with Crippen LogP contribution < -0.4 is 10.6 Å². The van der Waals surface area contributed by atoms with Crippen LogP contribution in [0.25, 0.3) is 0 Å². The van der Waals surface area contributed by atoms with E-state index in [0.29, 0.717) is 0 Å². The van der Waals surface area contributed by atoms with Gasteiger partial charge >= 0.3 is 0 Å². The average Bonchev–Trinajstić information content (AvgIpc) is 2.73. The molecule has 0 heterocycles. The van der Waals surface area contributed by atoms with Gasteiger partial charge in [-0.1, -0.05) is 60.7 Å². The molecule has 6 heteroatoms. The zero-order chi connectivity index (χ0) is 20.3. The smallest absolute Gasteiger partial charge is 0.242 e. The van der Waals surface area contributed by atoms with Crippen molar-refractivity contribution in [1.29, 1.82) is 0 Å². The normalized spacial score (nSPS) is 16.9. The Morgan fingerprint density at radius 1 is 0.643 bits per heavy atom. The fourth-order valence-electron chi connectivity index (χ4n) is 2.99. The Hall–Kier alpha value is -3.28. The van der Waals surface area contributed by atoms with Gasteiger partial charge in [0, 0.05) is 12.1 Å². The molecule has 2 atom stereocenters. The number of carbonyl (C=O) groups is 2. The molecule has 1 aliphatic carbocycles. The van der Waals surface area contributed by atoms with E-state index in [1.54, 1.807) is 62.4 Å². The summed E-state index contributed by atoms with van der Waals surface area (Å²) in [7, 11) is 0. The van der Waals surface area contributed by atoms with E-state index in [9.17, 15) is 18.4 Å². The van der Waals surface area contributed by atoms with Gasteiger partial charge < -0.3 is 10.6 Å². The van der Waals surface area contributed by atoms with Gasteiger partial charge in [0.15, 0.2) is 11.7 Å². The second-order valence-corrected chi connectivity index (χ2v) is 6.59. The molecular formula is C22H20F2N2O2. The predicted molar refractivity (Wildman–Crippen MR) is 102 cm³/mol. The van der Waals surface area contributed by atoms with Crippen LogP contribution in [0, 0.1) is 0 Å². The van der Waals surface area contributed by atoms with Gasteiger partial charge in [-0.2, -0.15) is 0 Å². The quantitative estimate of drug-likeness (QED) is 0.735.